The molecule has 1 N–H and O–H groups in total. The minimum atomic E-state index is -4.36. The number of β-amino-alcohol motifs (C(OH)–C–C–N with tert-alkyl or cyclic N) is 1. The van der Waals surface area contributed by atoms with E-state index in [-0.39, 0.29) is 18.4 Å². The van der Waals surface area contributed by atoms with Gasteiger partial charge in [-0.25, -0.2) is 0 Å². The van der Waals surface area contributed by atoms with E-state index in [0.29, 0.717) is 29.9 Å². The molecule has 0 saturated carbocycles. The molecule has 0 unspecified atom stereocenters. The van der Waals surface area contributed by atoms with Crippen molar-refractivity contribution in [3.63, 3.8) is 0 Å². The number of hydrogen-bond donors (Lipinski definition) is 1. The van der Waals surface area contributed by atoms with Crippen molar-refractivity contribution < 1.29 is 23.1 Å². The molecule has 3 atom stereocenters. The molecule has 0 radical (unpaired) electrons. The SMILES string of the molecule is Cc1nn(CC(F)(F)F)c(C)c1[C@H](C)C(=O)N1CC[C@@H](C)[C@@H](O)C1. The fraction of sp³-hybridized carbons (Fsp3) is 0.750. The number of hydrogen-bond acceptors (Lipinski definition) is 3. The van der Waals surface area contributed by atoms with Crippen LogP contribution in [0.5, 0.6) is 0 Å². The van der Waals surface area contributed by atoms with E-state index in [0.717, 1.165) is 4.68 Å². The quantitative estimate of drug-likeness (QED) is 0.913. The van der Waals surface area contributed by atoms with E-state index in [2.05, 4.69) is 5.10 Å². The number of nitrogens with zero attached hydrogens (tertiary/aromatic N) is 3. The van der Waals surface area contributed by atoms with Gasteiger partial charge in [0.25, 0.3) is 0 Å². The van der Waals surface area contributed by atoms with Crippen molar-refractivity contribution in [2.24, 2.45) is 5.92 Å². The van der Waals surface area contributed by atoms with Gasteiger partial charge in [-0.05, 0) is 33.1 Å². The highest BCUT2D eigenvalue weighted by molar-refractivity contribution is 5.84. The highest BCUT2D eigenvalue weighted by Gasteiger charge is 2.34. The molecule has 24 heavy (non-hydrogen) atoms. The maximum atomic E-state index is 12.7. The molecule has 136 valence electrons. The van der Waals surface area contributed by atoms with E-state index >= 15 is 0 Å². The summed E-state index contributed by atoms with van der Waals surface area (Å²) in [6, 6.07) is 0. The van der Waals surface area contributed by atoms with Gasteiger partial charge in [-0.15, -0.1) is 0 Å². The van der Waals surface area contributed by atoms with Gasteiger partial charge in [0.05, 0.1) is 17.7 Å². The number of carbonyl (C=O) groups excluding carboxylic acids is 1. The molecule has 1 fully saturated rings. The average molecular weight is 347 g/mol. The topological polar surface area (TPSA) is 58.4 Å². The molecule has 0 aliphatic carbocycles. The van der Waals surface area contributed by atoms with Gasteiger partial charge in [-0.1, -0.05) is 6.92 Å². The third-order valence-electron chi connectivity index (χ3n) is 4.80. The van der Waals surface area contributed by atoms with Gasteiger partial charge in [0, 0.05) is 24.3 Å². The van der Waals surface area contributed by atoms with E-state index in [1.807, 2.05) is 6.92 Å². The first-order chi connectivity index (χ1) is 11.0. The normalized spacial score (nSPS) is 23.4. The summed E-state index contributed by atoms with van der Waals surface area (Å²) in [6.45, 7) is 6.44. The van der Waals surface area contributed by atoms with Crippen LogP contribution in [-0.4, -0.2) is 51.1 Å². The van der Waals surface area contributed by atoms with Gasteiger partial charge >= 0.3 is 6.18 Å². The van der Waals surface area contributed by atoms with Gasteiger partial charge in [0.1, 0.15) is 6.54 Å². The van der Waals surface area contributed by atoms with E-state index in [1.165, 1.54) is 0 Å². The standard InChI is InChI=1S/C16H24F3N3O2/c1-9-5-6-21(7-13(9)23)15(24)10(2)14-11(3)20-22(12(14)4)8-16(17,18)19/h9-10,13,23H,5-8H2,1-4H3/t9-,10+,13+/m1/s1. The summed E-state index contributed by atoms with van der Waals surface area (Å²) in [7, 11) is 0. The molecule has 1 amide bonds. The lowest BCUT2D eigenvalue weighted by Gasteiger charge is -2.35. The van der Waals surface area contributed by atoms with Crippen LogP contribution < -0.4 is 0 Å². The Bertz CT molecular complexity index is 612. The number of rotatable bonds is 3. The minimum absolute atomic E-state index is 0.141. The summed E-state index contributed by atoms with van der Waals surface area (Å²) in [6.07, 6.45) is -4.21. The second-order valence-electron chi connectivity index (χ2n) is 6.70. The van der Waals surface area contributed by atoms with Crippen LogP contribution in [0.25, 0.3) is 0 Å². The summed E-state index contributed by atoms with van der Waals surface area (Å²) in [5, 5.41) is 13.9. The maximum absolute atomic E-state index is 12.7. The van der Waals surface area contributed by atoms with E-state index in [1.54, 1.807) is 25.7 Å². The van der Waals surface area contributed by atoms with Crippen LogP contribution in [0.15, 0.2) is 0 Å². The average Bonchev–Trinajstić information content (AvgIpc) is 2.73. The second kappa shape index (κ2) is 6.74. The van der Waals surface area contributed by atoms with E-state index in [9.17, 15) is 23.1 Å². The first-order valence-electron chi connectivity index (χ1n) is 8.08. The highest BCUT2D eigenvalue weighted by atomic mass is 19.4. The van der Waals surface area contributed by atoms with Gasteiger partial charge in [0.2, 0.25) is 5.91 Å². The van der Waals surface area contributed by atoms with Crippen molar-refractivity contribution >= 4 is 5.91 Å². The van der Waals surface area contributed by atoms with Crippen molar-refractivity contribution in [1.82, 2.24) is 14.7 Å². The molecule has 0 bridgehead atoms. The Kier molecular flexibility index (Phi) is 5.27. The number of piperidine rings is 1. The Morgan fingerprint density at radius 1 is 1.42 bits per heavy atom. The number of carbonyl (C=O) groups is 1. The van der Waals surface area contributed by atoms with Crippen molar-refractivity contribution in [2.75, 3.05) is 13.1 Å². The van der Waals surface area contributed by atoms with Gasteiger partial charge in [0.15, 0.2) is 0 Å². The van der Waals surface area contributed by atoms with Crippen LogP contribution in [0, 0.1) is 19.8 Å². The first kappa shape index (κ1) is 18.8. The van der Waals surface area contributed by atoms with E-state index < -0.39 is 24.7 Å². The number of aryl methyl sites for hydroxylation is 1. The van der Waals surface area contributed by atoms with Crippen LogP contribution in [0.4, 0.5) is 13.2 Å². The molecule has 1 saturated heterocycles. The van der Waals surface area contributed by atoms with Crippen LogP contribution in [0.1, 0.15) is 43.1 Å². The summed E-state index contributed by atoms with van der Waals surface area (Å²) in [4.78, 5) is 14.3. The zero-order valence-electron chi connectivity index (χ0n) is 14.4. The third-order valence-corrected chi connectivity index (χ3v) is 4.80. The van der Waals surface area contributed by atoms with Crippen molar-refractivity contribution in [3.8, 4) is 0 Å². The van der Waals surface area contributed by atoms with E-state index in [4.69, 9.17) is 0 Å². The van der Waals surface area contributed by atoms with Gasteiger partial charge in [-0.3, -0.25) is 9.48 Å². The monoisotopic (exact) mass is 347 g/mol. The highest BCUT2D eigenvalue weighted by Crippen LogP contribution is 2.29. The number of amides is 1. The smallest absolute Gasteiger partial charge is 0.391 e. The molecule has 0 aromatic carbocycles. The van der Waals surface area contributed by atoms with Crippen molar-refractivity contribution in [3.05, 3.63) is 17.0 Å². The Hall–Kier alpha value is -1.57. The number of alkyl halides is 3. The molecule has 1 aliphatic rings. The lowest BCUT2D eigenvalue weighted by molar-refractivity contribution is -0.143. The molecule has 1 aromatic heterocycles. The Balaban J connectivity index is 2.20. The van der Waals surface area contributed by atoms with Crippen LogP contribution in [-0.2, 0) is 11.3 Å². The summed E-state index contributed by atoms with van der Waals surface area (Å²) >= 11 is 0. The zero-order chi connectivity index (χ0) is 18.2. The largest absolute Gasteiger partial charge is 0.408 e. The Morgan fingerprint density at radius 2 is 2.04 bits per heavy atom. The maximum Gasteiger partial charge on any atom is 0.408 e. The van der Waals surface area contributed by atoms with Crippen LogP contribution in [0.3, 0.4) is 0 Å². The molecule has 2 heterocycles. The molecule has 2 rings (SSSR count). The van der Waals surface area contributed by atoms with Crippen molar-refractivity contribution in [1.29, 1.82) is 0 Å². The third kappa shape index (κ3) is 3.91. The van der Waals surface area contributed by atoms with Crippen LogP contribution in [0.2, 0.25) is 0 Å². The summed E-state index contributed by atoms with van der Waals surface area (Å²) < 4.78 is 38.8. The molecule has 1 aromatic rings. The predicted molar refractivity (Wildman–Crippen MR) is 82.5 cm³/mol. The number of aliphatic hydroxyl groups excluding tert-OH is 1. The van der Waals surface area contributed by atoms with Gasteiger partial charge < -0.3 is 10.0 Å². The molecule has 8 heteroatoms. The second-order valence-corrected chi connectivity index (χ2v) is 6.70. The molecule has 5 nitrogen and oxygen atoms in total. The fourth-order valence-electron chi connectivity index (χ4n) is 3.31. The van der Waals surface area contributed by atoms with Crippen molar-refractivity contribution in [2.45, 2.75) is 58.9 Å². The van der Waals surface area contributed by atoms with Gasteiger partial charge in [-0.2, -0.15) is 18.3 Å². The fourth-order valence-corrected chi connectivity index (χ4v) is 3.31. The number of likely N-dealkylation sites (tertiary alicyclic amines) is 1. The number of aliphatic hydroxyl groups is 1. The number of halogens is 3. The molecule has 1 aliphatic heterocycles. The minimum Gasteiger partial charge on any atom is -0.391 e. The zero-order valence-corrected chi connectivity index (χ0v) is 14.4. The van der Waals surface area contributed by atoms with Crippen LogP contribution >= 0.6 is 0 Å². The lowest BCUT2D eigenvalue weighted by Crippen LogP contribution is -2.47. The predicted octanol–water partition coefficient (Wildman–Crippen LogP) is 2.40. The molecular weight excluding hydrogens is 323 g/mol. The Labute approximate surface area is 139 Å². The Morgan fingerprint density at radius 3 is 2.58 bits per heavy atom. The lowest BCUT2D eigenvalue weighted by atomic mass is 9.93. The first-order valence-corrected chi connectivity index (χ1v) is 8.08. The molecular formula is C16H24F3N3O2. The summed E-state index contributed by atoms with van der Waals surface area (Å²) in [5.74, 6) is -0.631. The molecule has 0 spiro atoms. The summed E-state index contributed by atoms with van der Waals surface area (Å²) in [5.41, 5.74) is 1.33. The number of aromatic nitrogens is 2.